The van der Waals surface area contributed by atoms with Gasteiger partial charge < -0.3 is 10.8 Å². The van der Waals surface area contributed by atoms with Crippen LogP contribution in [-0.2, 0) is 4.79 Å². The molecule has 0 heterocycles. The highest BCUT2D eigenvalue weighted by Crippen LogP contribution is 2.45. The van der Waals surface area contributed by atoms with Gasteiger partial charge >= 0.3 is 5.97 Å². The van der Waals surface area contributed by atoms with E-state index < -0.39 is 17.8 Å². The van der Waals surface area contributed by atoms with Crippen molar-refractivity contribution in [2.45, 2.75) is 25.3 Å². The first-order valence-electron chi connectivity index (χ1n) is 3.26. The summed E-state index contributed by atoms with van der Waals surface area (Å²) in [6.07, 6.45) is -3.03. The van der Waals surface area contributed by atoms with Gasteiger partial charge in [-0.2, -0.15) is 0 Å². The quantitative estimate of drug-likeness (QED) is 0.697. The molecule has 0 radical (unpaired) electrons. The molecular formula is C6H10ClF2NO2. The number of nitrogens with two attached hydrogens (primary N) is 1. The second-order valence-corrected chi connectivity index (χ2v) is 2.93. The van der Waals surface area contributed by atoms with Crippen molar-refractivity contribution < 1.29 is 18.7 Å². The second kappa shape index (κ2) is 3.53. The minimum Gasteiger partial charge on any atom is -0.481 e. The number of carboxylic acids is 1. The SMILES string of the molecule is Cl.NC1CC(C(=O)O)(C(F)F)C1. The summed E-state index contributed by atoms with van der Waals surface area (Å²) >= 11 is 0. The van der Waals surface area contributed by atoms with Crippen LogP contribution in [0.2, 0.25) is 0 Å². The van der Waals surface area contributed by atoms with Gasteiger partial charge in [0.2, 0.25) is 0 Å². The van der Waals surface area contributed by atoms with Gasteiger partial charge in [-0.3, -0.25) is 4.79 Å². The van der Waals surface area contributed by atoms with Gasteiger partial charge in [0.1, 0.15) is 5.41 Å². The van der Waals surface area contributed by atoms with Crippen LogP contribution in [0.5, 0.6) is 0 Å². The lowest BCUT2D eigenvalue weighted by Gasteiger charge is -2.41. The summed E-state index contributed by atoms with van der Waals surface area (Å²) in [5.74, 6) is -1.44. The van der Waals surface area contributed by atoms with Gasteiger partial charge in [0, 0.05) is 6.04 Å². The number of hydrogen-bond donors (Lipinski definition) is 2. The van der Waals surface area contributed by atoms with Crippen molar-refractivity contribution >= 4 is 18.4 Å². The lowest BCUT2D eigenvalue weighted by Crippen LogP contribution is -2.55. The van der Waals surface area contributed by atoms with Crippen LogP contribution >= 0.6 is 12.4 Å². The fourth-order valence-electron chi connectivity index (χ4n) is 1.32. The minimum atomic E-state index is -2.81. The van der Waals surface area contributed by atoms with Crippen molar-refractivity contribution in [1.82, 2.24) is 0 Å². The minimum absolute atomic E-state index is 0. The predicted octanol–water partition coefficient (Wildman–Crippen LogP) is 0.865. The summed E-state index contributed by atoms with van der Waals surface area (Å²) in [7, 11) is 0. The van der Waals surface area contributed by atoms with E-state index in [0.29, 0.717) is 0 Å². The van der Waals surface area contributed by atoms with Crippen molar-refractivity contribution in [3.63, 3.8) is 0 Å². The van der Waals surface area contributed by atoms with Crippen LogP contribution in [0, 0.1) is 5.41 Å². The van der Waals surface area contributed by atoms with Gasteiger partial charge in [-0.15, -0.1) is 12.4 Å². The Balaban J connectivity index is 0.00000121. The summed E-state index contributed by atoms with van der Waals surface area (Å²) in [5.41, 5.74) is 3.39. The van der Waals surface area contributed by atoms with Crippen molar-refractivity contribution in [3.05, 3.63) is 0 Å². The third-order valence-corrected chi connectivity index (χ3v) is 2.10. The van der Waals surface area contributed by atoms with Crippen molar-refractivity contribution in [3.8, 4) is 0 Å². The molecule has 0 bridgehead atoms. The normalized spacial score (nSPS) is 33.8. The number of carboxylic acid groups (broad SMARTS) is 1. The molecule has 0 spiro atoms. The molecule has 0 atom stereocenters. The monoisotopic (exact) mass is 201 g/mol. The third-order valence-electron chi connectivity index (χ3n) is 2.10. The summed E-state index contributed by atoms with van der Waals surface area (Å²) < 4.78 is 24.2. The topological polar surface area (TPSA) is 63.3 Å². The Kier molecular flexibility index (Phi) is 3.41. The van der Waals surface area contributed by atoms with E-state index in [1.165, 1.54) is 0 Å². The first kappa shape index (κ1) is 11.6. The largest absolute Gasteiger partial charge is 0.481 e. The molecule has 0 aliphatic heterocycles. The maximum atomic E-state index is 12.1. The maximum Gasteiger partial charge on any atom is 0.315 e. The lowest BCUT2D eigenvalue weighted by atomic mass is 9.66. The summed E-state index contributed by atoms with van der Waals surface area (Å²) in [4.78, 5) is 10.4. The van der Waals surface area contributed by atoms with E-state index in [0.717, 1.165) is 0 Å². The van der Waals surface area contributed by atoms with Gasteiger partial charge in [0.25, 0.3) is 6.43 Å². The van der Waals surface area contributed by atoms with Crippen LogP contribution in [0.3, 0.4) is 0 Å². The van der Waals surface area contributed by atoms with Gasteiger partial charge in [0.05, 0.1) is 0 Å². The highest BCUT2D eigenvalue weighted by Gasteiger charge is 2.56. The van der Waals surface area contributed by atoms with E-state index in [1.54, 1.807) is 0 Å². The molecule has 0 amide bonds. The van der Waals surface area contributed by atoms with Gasteiger partial charge in [-0.1, -0.05) is 0 Å². The summed E-state index contributed by atoms with van der Waals surface area (Å²) in [6, 6.07) is -0.375. The zero-order chi connectivity index (χ0) is 8.65. The fraction of sp³-hybridized carbons (Fsp3) is 0.833. The van der Waals surface area contributed by atoms with E-state index in [1.807, 2.05) is 0 Å². The summed E-state index contributed by atoms with van der Waals surface area (Å²) in [5, 5.41) is 8.44. The lowest BCUT2D eigenvalue weighted by molar-refractivity contribution is -0.171. The summed E-state index contributed by atoms with van der Waals surface area (Å²) in [6.45, 7) is 0. The second-order valence-electron chi connectivity index (χ2n) is 2.93. The Morgan fingerprint density at radius 1 is 1.58 bits per heavy atom. The fourth-order valence-corrected chi connectivity index (χ4v) is 1.32. The number of halogens is 3. The number of hydrogen-bond acceptors (Lipinski definition) is 2. The molecule has 3 nitrogen and oxygen atoms in total. The number of aliphatic carboxylic acids is 1. The van der Waals surface area contributed by atoms with E-state index in [4.69, 9.17) is 10.8 Å². The number of carbonyl (C=O) groups is 1. The Morgan fingerprint density at radius 2 is 2.00 bits per heavy atom. The Bertz CT molecular complexity index is 182. The van der Waals surface area contributed by atoms with Crippen LogP contribution in [-0.4, -0.2) is 23.5 Å². The molecule has 72 valence electrons. The standard InChI is InChI=1S/C6H9F2NO2.ClH/c7-4(8)6(5(10)11)1-3(9)2-6;/h3-4H,1-2,9H2,(H,10,11);1H. The molecule has 0 aromatic rings. The number of rotatable bonds is 2. The van der Waals surface area contributed by atoms with E-state index in [9.17, 15) is 13.6 Å². The molecule has 6 heteroatoms. The smallest absolute Gasteiger partial charge is 0.315 e. The highest BCUT2D eigenvalue weighted by molar-refractivity contribution is 5.85. The molecule has 1 saturated carbocycles. The average Bonchev–Trinajstić information content (AvgIpc) is 1.78. The van der Waals surface area contributed by atoms with Crippen LogP contribution < -0.4 is 5.73 Å². The predicted molar refractivity (Wildman–Crippen MR) is 40.5 cm³/mol. The molecular weight excluding hydrogens is 192 g/mol. The zero-order valence-corrected chi connectivity index (χ0v) is 6.98. The van der Waals surface area contributed by atoms with Crippen molar-refractivity contribution in [2.24, 2.45) is 11.1 Å². The molecule has 0 saturated heterocycles. The molecule has 1 fully saturated rings. The number of alkyl halides is 2. The Morgan fingerprint density at radius 3 is 2.08 bits per heavy atom. The van der Waals surface area contributed by atoms with Gasteiger partial charge in [-0.05, 0) is 12.8 Å². The molecule has 0 aromatic heterocycles. The van der Waals surface area contributed by atoms with Crippen molar-refractivity contribution in [2.75, 3.05) is 0 Å². The third kappa shape index (κ3) is 1.51. The van der Waals surface area contributed by atoms with E-state index in [-0.39, 0.29) is 31.3 Å². The average molecular weight is 202 g/mol. The highest BCUT2D eigenvalue weighted by atomic mass is 35.5. The molecule has 0 unspecified atom stereocenters. The van der Waals surface area contributed by atoms with Crippen LogP contribution in [0.15, 0.2) is 0 Å². The van der Waals surface area contributed by atoms with Crippen LogP contribution in [0.1, 0.15) is 12.8 Å². The molecule has 1 aliphatic carbocycles. The molecule has 1 rings (SSSR count). The van der Waals surface area contributed by atoms with Crippen molar-refractivity contribution in [1.29, 1.82) is 0 Å². The zero-order valence-electron chi connectivity index (χ0n) is 6.17. The molecule has 3 N–H and O–H groups in total. The Hall–Kier alpha value is -0.420. The van der Waals surface area contributed by atoms with Crippen LogP contribution in [0.4, 0.5) is 8.78 Å². The van der Waals surface area contributed by atoms with E-state index in [2.05, 4.69) is 0 Å². The molecule has 1 aliphatic rings. The van der Waals surface area contributed by atoms with Crippen LogP contribution in [0.25, 0.3) is 0 Å². The van der Waals surface area contributed by atoms with E-state index >= 15 is 0 Å². The van der Waals surface area contributed by atoms with Gasteiger partial charge in [0.15, 0.2) is 0 Å². The Labute approximate surface area is 74.3 Å². The molecule has 0 aromatic carbocycles. The first-order chi connectivity index (χ1) is 4.99. The molecule has 12 heavy (non-hydrogen) atoms. The van der Waals surface area contributed by atoms with Gasteiger partial charge in [-0.25, -0.2) is 8.78 Å². The maximum absolute atomic E-state index is 12.1. The first-order valence-corrected chi connectivity index (χ1v) is 3.26.